The number of benzene rings is 1. The Kier molecular flexibility index (Phi) is 10.5. The Morgan fingerprint density at radius 3 is 2.37 bits per heavy atom. The van der Waals surface area contributed by atoms with E-state index in [2.05, 4.69) is 5.32 Å². The van der Waals surface area contributed by atoms with Crippen LogP contribution in [0.2, 0.25) is 0 Å². The largest absolute Gasteiger partial charge is 0.481 e. The van der Waals surface area contributed by atoms with E-state index in [1.165, 1.54) is 0 Å². The number of ether oxygens (including phenoxy) is 3. The van der Waals surface area contributed by atoms with Gasteiger partial charge in [0.05, 0.1) is 37.1 Å². The van der Waals surface area contributed by atoms with Crippen LogP contribution < -0.4 is 5.32 Å². The molecule has 0 heterocycles. The Morgan fingerprint density at radius 2 is 1.74 bits per heavy atom. The van der Waals surface area contributed by atoms with Crippen LogP contribution in [0.3, 0.4) is 0 Å². The Labute approximate surface area is 207 Å². The molecule has 1 atom stereocenters. The number of carboxylic acid groups (broad SMARTS) is 1. The molecule has 2 saturated carbocycles. The molecule has 2 fully saturated rings. The number of rotatable bonds is 13. The van der Waals surface area contributed by atoms with Gasteiger partial charge >= 0.3 is 11.9 Å². The first kappa shape index (κ1) is 27.1. The molecule has 1 aromatic carbocycles. The third kappa shape index (κ3) is 8.04. The van der Waals surface area contributed by atoms with Gasteiger partial charge in [0.1, 0.15) is 6.61 Å². The second kappa shape index (κ2) is 13.6. The van der Waals surface area contributed by atoms with Gasteiger partial charge in [0.15, 0.2) is 0 Å². The van der Waals surface area contributed by atoms with E-state index in [9.17, 15) is 19.5 Å². The summed E-state index contributed by atoms with van der Waals surface area (Å²) in [6.45, 7) is 1.08. The van der Waals surface area contributed by atoms with Crippen LogP contribution in [-0.2, 0) is 35.2 Å². The SMILES string of the molecule is COCCOCC(CC1(C(=O)NC2CCC(C(=O)OCc3ccccc3)CC2)CCCC1)C(=O)O. The average molecular weight is 490 g/mol. The van der Waals surface area contributed by atoms with E-state index in [0.29, 0.717) is 38.9 Å². The first-order valence-corrected chi connectivity index (χ1v) is 12.7. The summed E-state index contributed by atoms with van der Waals surface area (Å²) in [5, 5.41) is 12.9. The van der Waals surface area contributed by atoms with Crippen LogP contribution in [0.5, 0.6) is 0 Å². The number of amides is 1. The zero-order valence-corrected chi connectivity index (χ0v) is 20.7. The van der Waals surface area contributed by atoms with Gasteiger partial charge in [-0.3, -0.25) is 14.4 Å². The monoisotopic (exact) mass is 489 g/mol. The van der Waals surface area contributed by atoms with Crippen LogP contribution in [-0.4, -0.2) is 55.9 Å². The number of nitrogens with one attached hydrogen (secondary N) is 1. The summed E-state index contributed by atoms with van der Waals surface area (Å²) in [5.74, 6) is -2.04. The molecule has 0 bridgehead atoms. The Bertz CT molecular complexity index is 814. The highest BCUT2D eigenvalue weighted by atomic mass is 16.5. The van der Waals surface area contributed by atoms with E-state index in [0.717, 1.165) is 31.2 Å². The van der Waals surface area contributed by atoms with Crippen molar-refractivity contribution in [3.05, 3.63) is 35.9 Å². The second-order valence-corrected chi connectivity index (χ2v) is 9.91. The molecular weight excluding hydrogens is 450 g/mol. The summed E-state index contributed by atoms with van der Waals surface area (Å²) in [4.78, 5) is 37.7. The lowest BCUT2D eigenvalue weighted by atomic mass is 9.76. The molecule has 0 radical (unpaired) electrons. The zero-order chi connectivity index (χ0) is 25.1. The summed E-state index contributed by atoms with van der Waals surface area (Å²) in [7, 11) is 1.57. The van der Waals surface area contributed by atoms with Crippen molar-refractivity contribution < 1.29 is 33.7 Å². The Hall–Kier alpha value is -2.45. The molecule has 0 aliphatic heterocycles. The fourth-order valence-corrected chi connectivity index (χ4v) is 5.29. The van der Waals surface area contributed by atoms with Crippen LogP contribution >= 0.6 is 0 Å². The zero-order valence-electron chi connectivity index (χ0n) is 20.7. The normalized spacial score (nSPS) is 22.3. The molecule has 2 aliphatic rings. The van der Waals surface area contributed by atoms with E-state index in [1.54, 1.807) is 7.11 Å². The topological polar surface area (TPSA) is 111 Å². The van der Waals surface area contributed by atoms with Crippen molar-refractivity contribution >= 4 is 17.8 Å². The highest BCUT2D eigenvalue weighted by Gasteiger charge is 2.45. The molecule has 194 valence electrons. The van der Waals surface area contributed by atoms with Gasteiger partial charge in [-0.15, -0.1) is 0 Å². The summed E-state index contributed by atoms with van der Waals surface area (Å²) < 4.78 is 15.9. The highest BCUT2D eigenvalue weighted by molar-refractivity contribution is 5.84. The van der Waals surface area contributed by atoms with E-state index in [4.69, 9.17) is 14.2 Å². The van der Waals surface area contributed by atoms with Gasteiger partial charge in [-0.2, -0.15) is 0 Å². The standard InChI is InChI=1S/C27H39NO7/c1-33-15-16-34-19-22(24(29)30)17-27(13-5-6-14-27)26(32)28-23-11-9-21(10-12-23)25(31)35-18-20-7-3-2-4-8-20/h2-4,7-8,21-23H,5-6,9-19H2,1H3,(H,28,32)(H,29,30). The number of aliphatic carboxylic acids is 1. The van der Waals surface area contributed by atoms with E-state index in [1.807, 2.05) is 30.3 Å². The third-order valence-electron chi connectivity index (χ3n) is 7.40. The molecule has 1 unspecified atom stereocenters. The predicted molar refractivity (Wildman–Crippen MR) is 129 cm³/mol. The number of carboxylic acids is 1. The lowest BCUT2D eigenvalue weighted by Gasteiger charge is -2.34. The summed E-state index contributed by atoms with van der Waals surface area (Å²) in [6.07, 6.45) is 6.30. The van der Waals surface area contributed by atoms with Gasteiger partial charge in [0.2, 0.25) is 5.91 Å². The Morgan fingerprint density at radius 1 is 1.06 bits per heavy atom. The fraction of sp³-hybridized carbons (Fsp3) is 0.667. The molecule has 35 heavy (non-hydrogen) atoms. The molecule has 8 nitrogen and oxygen atoms in total. The number of carbonyl (C=O) groups is 3. The molecule has 2 aliphatic carbocycles. The second-order valence-electron chi connectivity index (χ2n) is 9.91. The first-order chi connectivity index (χ1) is 16.9. The van der Waals surface area contributed by atoms with Crippen molar-refractivity contribution in [2.45, 2.75) is 70.4 Å². The van der Waals surface area contributed by atoms with E-state index < -0.39 is 17.3 Å². The van der Waals surface area contributed by atoms with Gasteiger partial charge in [-0.1, -0.05) is 43.2 Å². The summed E-state index contributed by atoms with van der Waals surface area (Å²) >= 11 is 0. The molecular formula is C27H39NO7. The molecule has 0 saturated heterocycles. The molecule has 1 amide bonds. The van der Waals surface area contributed by atoms with Crippen LogP contribution in [0, 0.1) is 17.3 Å². The molecule has 0 aromatic heterocycles. The maximum atomic E-state index is 13.4. The highest BCUT2D eigenvalue weighted by Crippen LogP contribution is 2.44. The third-order valence-corrected chi connectivity index (χ3v) is 7.40. The molecule has 0 spiro atoms. The number of carbonyl (C=O) groups excluding carboxylic acids is 2. The van der Waals surface area contributed by atoms with Crippen LogP contribution in [0.25, 0.3) is 0 Å². The minimum Gasteiger partial charge on any atom is -0.481 e. The van der Waals surface area contributed by atoms with E-state index in [-0.39, 0.29) is 43.5 Å². The minimum atomic E-state index is -0.934. The smallest absolute Gasteiger partial charge is 0.309 e. The van der Waals surface area contributed by atoms with Crippen molar-refractivity contribution in [2.75, 3.05) is 26.9 Å². The van der Waals surface area contributed by atoms with Gasteiger partial charge < -0.3 is 24.6 Å². The van der Waals surface area contributed by atoms with Gasteiger partial charge in [0.25, 0.3) is 0 Å². The van der Waals surface area contributed by atoms with Crippen molar-refractivity contribution in [3.63, 3.8) is 0 Å². The van der Waals surface area contributed by atoms with Gasteiger partial charge in [-0.05, 0) is 50.5 Å². The maximum absolute atomic E-state index is 13.4. The molecule has 1 aromatic rings. The predicted octanol–water partition coefficient (Wildman–Crippen LogP) is 3.72. The van der Waals surface area contributed by atoms with Crippen molar-refractivity contribution in [1.29, 1.82) is 0 Å². The summed E-state index contributed by atoms with van der Waals surface area (Å²) in [6, 6.07) is 9.62. The number of esters is 1. The first-order valence-electron chi connectivity index (χ1n) is 12.7. The maximum Gasteiger partial charge on any atom is 0.309 e. The fourth-order valence-electron chi connectivity index (χ4n) is 5.29. The van der Waals surface area contributed by atoms with Crippen molar-refractivity contribution in [3.8, 4) is 0 Å². The lowest BCUT2D eigenvalue weighted by Crippen LogP contribution is -2.47. The molecule has 8 heteroatoms. The quantitative estimate of drug-likeness (QED) is 0.321. The number of methoxy groups -OCH3 is 1. The van der Waals surface area contributed by atoms with Gasteiger partial charge in [-0.25, -0.2) is 0 Å². The van der Waals surface area contributed by atoms with Crippen molar-refractivity contribution in [2.24, 2.45) is 17.3 Å². The number of hydrogen-bond acceptors (Lipinski definition) is 6. The van der Waals surface area contributed by atoms with Crippen molar-refractivity contribution in [1.82, 2.24) is 5.32 Å². The molecule has 2 N–H and O–H groups in total. The van der Waals surface area contributed by atoms with Crippen LogP contribution in [0.1, 0.15) is 63.4 Å². The van der Waals surface area contributed by atoms with Gasteiger partial charge in [0, 0.05) is 13.2 Å². The summed E-state index contributed by atoms with van der Waals surface area (Å²) in [5.41, 5.74) is 0.298. The lowest BCUT2D eigenvalue weighted by molar-refractivity contribution is -0.151. The average Bonchev–Trinajstić information content (AvgIpc) is 3.35. The molecule has 3 rings (SSSR count). The van der Waals surface area contributed by atoms with Crippen LogP contribution in [0.4, 0.5) is 0 Å². The minimum absolute atomic E-state index is 0.000575. The number of hydrogen-bond donors (Lipinski definition) is 2. The Balaban J connectivity index is 1.48. The van der Waals surface area contributed by atoms with E-state index >= 15 is 0 Å². The van der Waals surface area contributed by atoms with Crippen LogP contribution in [0.15, 0.2) is 30.3 Å².